The van der Waals surface area contributed by atoms with Gasteiger partial charge < -0.3 is 19.5 Å². The number of anilines is 1. The number of carboxylic acids is 1. The molecule has 0 aliphatic carbocycles. The van der Waals surface area contributed by atoms with Crippen molar-refractivity contribution in [1.82, 2.24) is 10.3 Å². The van der Waals surface area contributed by atoms with E-state index in [2.05, 4.69) is 20.2 Å². The first-order valence-electron chi connectivity index (χ1n) is 4.51. The van der Waals surface area contributed by atoms with Crippen LogP contribution in [0.5, 0.6) is 0 Å². The zero-order valence-corrected chi connectivity index (χ0v) is 8.63. The molecule has 0 atom stereocenters. The largest absolute Gasteiger partial charge is 0.475 e. The van der Waals surface area contributed by atoms with E-state index < -0.39 is 17.6 Å². The van der Waals surface area contributed by atoms with Crippen LogP contribution >= 0.6 is 0 Å². The van der Waals surface area contributed by atoms with E-state index in [1.165, 1.54) is 6.07 Å². The number of hydrogen-bond donors (Lipinski definition) is 2. The maximum atomic E-state index is 11.6. The zero-order valence-electron chi connectivity index (χ0n) is 8.63. The van der Waals surface area contributed by atoms with Crippen molar-refractivity contribution in [3.8, 4) is 0 Å². The number of rotatable bonds is 3. The van der Waals surface area contributed by atoms with Crippen molar-refractivity contribution >= 4 is 17.7 Å². The van der Waals surface area contributed by atoms with E-state index in [0.717, 1.165) is 6.07 Å². The number of nitrogens with one attached hydrogen (secondary N) is 1. The van der Waals surface area contributed by atoms with Crippen molar-refractivity contribution in [2.45, 2.75) is 6.92 Å². The lowest BCUT2D eigenvalue weighted by Crippen LogP contribution is -2.12. The molecule has 2 aromatic heterocycles. The summed E-state index contributed by atoms with van der Waals surface area (Å²) >= 11 is 0. The Morgan fingerprint density at radius 3 is 2.59 bits per heavy atom. The van der Waals surface area contributed by atoms with Gasteiger partial charge in [0.1, 0.15) is 5.76 Å². The van der Waals surface area contributed by atoms with Crippen molar-refractivity contribution in [1.29, 1.82) is 0 Å². The summed E-state index contributed by atoms with van der Waals surface area (Å²) in [5, 5.41) is 17.8. The van der Waals surface area contributed by atoms with Crippen LogP contribution in [0.1, 0.15) is 26.8 Å². The van der Waals surface area contributed by atoms with Gasteiger partial charge in [0.05, 0.1) is 0 Å². The molecule has 0 aromatic carbocycles. The van der Waals surface area contributed by atoms with E-state index in [1.54, 1.807) is 6.92 Å². The third-order valence-electron chi connectivity index (χ3n) is 1.82. The molecule has 0 aliphatic rings. The third kappa shape index (κ3) is 2.30. The smallest absolute Gasteiger partial charge is 0.374 e. The summed E-state index contributed by atoms with van der Waals surface area (Å²) in [5.41, 5.74) is -0.150. The number of nitrogens with zero attached hydrogens (tertiary/aromatic N) is 2. The molecule has 0 saturated heterocycles. The lowest BCUT2D eigenvalue weighted by molar-refractivity contribution is 0.0651. The summed E-state index contributed by atoms with van der Waals surface area (Å²) in [6.07, 6.45) is 0. The fourth-order valence-electron chi connectivity index (χ4n) is 1.09. The van der Waals surface area contributed by atoms with Gasteiger partial charge in [0.2, 0.25) is 5.76 Å². The van der Waals surface area contributed by atoms with Crippen LogP contribution in [-0.4, -0.2) is 27.3 Å². The van der Waals surface area contributed by atoms with E-state index in [1.807, 2.05) is 0 Å². The minimum Gasteiger partial charge on any atom is -0.475 e. The molecule has 2 rings (SSSR count). The van der Waals surface area contributed by atoms with Crippen molar-refractivity contribution in [2.75, 3.05) is 5.32 Å². The van der Waals surface area contributed by atoms with Gasteiger partial charge in [-0.1, -0.05) is 10.3 Å². The third-order valence-corrected chi connectivity index (χ3v) is 1.82. The number of carbonyl (C=O) groups is 2. The minimum absolute atomic E-state index is 0.150. The van der Waals surface area contributed by atoms with Crippen molar-refractivity contribution in [2.24, 2.45) is 0 Å². The number of aromatic nitrogens is 2. The first-order valence-corrected chi connectivity index (χ1v) is 4.51. The lowest BCUT2D eigenvalue weighted by Gasteiger charge is -1.94. The maximum absolute atomic E-state index is 11.6. The van der Waals surface area contributed by atoms with Gasteiger partial charge in [-0.25, -0.2) is 4.79 Å². The van der Waals surface area contributed by atoms with Gasteiger partial charge >= 0.3 is 5.97 Å². The number of carboxylic acid groups (broad SMARTS) is 1. The van der Waals surface area contributed by atoms with Crippen LogP contribution in [0, 0.1) is 6.92 Å². The van der Waals surface area contributed by atoms with Crippen molar-refractivity contribution in [3.63, 3.8) is 0 Å². The van der Waals surface area contributed by atoms with Crippen LogP contribution in [0.4, 0.5) is 5.82 Å². The Morgan fingerprint density at radius 2 is 2.06 bits per heavy atom. The monoisotopic (exact) mass is 237 g/mol. The Bertz CT molecular complexity index is 571. The molecule has 88 valence electrons. The standard InChI is InChI=1S/C9H7N3O5/c1-4-2-7(12-16-4)10-8(13)5-3-6(9(14)15)17-11-5/h2-3H,1H3,(H,14,15)(H,10,12,13). The lowest BCUT2D eigenvalue weighted by atomic mass is 10.3. The van der Waals surface area contributed by atoms with E-state index in [-0.39, 0.29) is 11.5 Å². The van der Waals surface area contributed by atoms with Crippen LogP contribution < -0.4 is 5.32 Å². The first kappa shape index (κ1) is 10.9. The molecule has 8 heteroatoms. The van der Waals surface area contributed by atoms with E-state index >= 15 is 0 Å². The molecule has 0 spiro atoms. The number of carbonyl (C=O) groups excluding carboxylic acids is 1. The molecule has 2 aromatic rings. The highest BCUT2D eigenvalue weighted by molar-refractivity contribution is 6.03. The topological polar surface area (TPSA) is 118 Å². The summed E-state index contributed by atoms with van der Waals surface area (Å²) in [7, 11) is 0. The Balaban J connectivity index is 2.11. The van der Waals surface area contributed by atoms with E-state index in [0.29, 0.717) is 5.76 Å². The molecule has 0 saturated carbocycles. The second-order valence-electron chi connectivity index (χ2n) is 3.16. The van der Waals surface area contributed by atoms with E-state index in [9.17, 15) is 9.59 Å². The van der Waals surface area contributed by atoms with Gasteiger partial charge in [0.25, 0.3) is 5.91 Å². The summed E-state index contributed by atoms with van der Waals surface area (Å²) < 4.78 is 9.18. The molecule has 0 aliphatic heterocycles. The molecule has 2 heterocycles. The van der Waals surface area contributed by atoms with Crippen LogP contribution in [-0.2, 0) is 0 Å². The van der Waals surface area contributed by atoms with Gasteiger partial charge in [-0.2, -0.15) is 0 Å². The SMILES string of the molecule is Cc1cc(NC(=O)c2cc(C(=O)O)on2)no1. The number of aromatic carboxylic acids is 1. The predicted octanol–water partition coefficient (Wildman–Crippen LogP) is 0.922. The Morgan fingerprint density at radius 1 is 1.29 bits per heavy atom. The average molecular weight is 237 g/mol. The second kappa shape index (κ2) is 4.08. The molecule has 0 unspecified atom stereocenters. The summed E-state index contributed by atoms with van der Waals surface area (Å²) in [6, 6.07) is 2.53. The number of amides is 1. The summed E-state index contributed by atoms with van der Waals surface area (Å²) in [4.78, 5) is 22.1. The van der Waals surface area contributed by atoms with Gasteiger partial charge in [-0.3, -0.25) is 4.79 Å². The second-order valence-corrected chi connectivity index (χ2v) is 3.16. The van der Waals surface area contributed by atoms with Crippen molar-refractivity contribution in [3.05, 3.63) is 29.3 Å². The fraction of sp³-hybridized carbons (Fsp3) is 0.111. The molecule has 8 nitrogen and oxygen atoms in total. The zero-order chi connectivity index (χ0) is 12.4. The molecule has 17 heavy (non-hydrogen) atoms. The molecule has 0 fully saturated rings. The molecular weight excluding hydrogens is 230 g/mol. The van der Waals surface area contributed by atoms with E-state index in [4.69, 9.17) is 9.63 Å². The quantitative estimate of drug-likeness (QED) is 0.814. The fourth-order valence-corrected chi connectivity index (χ4v) is 1.09. The molecular formula is C9H7N3O5. The van der Waals surface area contributed by atoms with Crippen LogP contribution in [0.15, 0.2) is 21.2 Å². The summed E-state index contributed by atoms with van der Waals surface area (Å²) in [5.74, 6) is -1.59. The van der Waals surface area contributed by atoms with Crippen LogP contribution in [0.3, 0.4) is 0 Å². The van der Waals surface area contributed by atoms with Crippen LogP contribution in [0.2, 0.25) is 0 Å². The normalized spacial score (nSPS) is 10.2. The average Bonchev–Trinajstić information content (AvgIpc) is 2.86. The Hall–Kier alpha value is -2.64. The Labute approximate surface area is 94.2 Å². The molecule has 2 N–H and O–H groups in total. The summed E-state index contributed by atoms with van der Waals surface area (Å²) in [6.45, 7) is 1.67. The molecule has 0 radical (unpaired) electrons. The highest BCUT2D eigenvalue weighted by Crippen LogP contribution is 2.10. The maximum Gasteiger partial charge on any atom is 0.374 e. The van der Waals surface area contributed by atoms with Crippen LogP contribution in [0.25, 0.3) is 0 Å². The minimum atomic E-state index is -1.30. The van der Waals surface area contributed by atoms with Gasteiger partial charge in [0, 0.05) is 12.1 Å². The Kier molecular flexibility index (Phi) is 2.61. The number of hydrogen-bond acceptors (Lipinski definition) is 6. The molecule has 0 bridgehead atoms. The predicted molar refractivity (Wildman–Crippen MR) is 52.7 cm³/mol. The highest BCUT2D eigenvalue weighted by atomic mass is 16.5. The highest BCUT2D eigenvalue weighted by Gasteiger charge is 2.17. The van der Waals surface area contributed by atoms with Gasteiger partial charge in [-0.05, 0) is 6.92 Å². The van der Waals surface area contributed by atoms with Crippen molar-refractivity contribution < 1.29 is 23.7 Å². The molecule has 1 amide bonds. The van der Waals surface area contributed by atoms with Gasteiger partial charge in [0.15, 0.2) is 11.5 Å². The number of aryl methyl sites for hydroxylation is 1. The van der Waals surface area contributed by atoms with Gasteiger partial charge in [-0.15, -0.1) is 0 Å². The first-order chi connectivity index (χ1) is 8.06.